The average Bonchev–Trinajstić information content (AvgIpc) is 2.56. The van der Waals surface area contributed by atoms with Gasteiger partial charge in [0.25, 0.3) is 0 Å². The van der Waals surface area contributed by atoms with E-state index in [4.69, 9.17) is 16.9 Å². The zero-order valence-corrected chi connectivity index (χ0v) is 12.8. The third-order valence-corrected chi connectivity index (χ3v) is 4.43. The van der Waals surface area contributed by atoms with E-state index >= 15 is 0 Å². The van der Waals surface area contributed by atoms with Crippen LogP contribution in [-0.2, 0) is 5.60 Å². The summed E-state index contributed by atoms with van der Waals surface area (Å²) in [4.78, 5) is 6.44. The molecule has 0 atom stereocenters. The Balaban J connectivity index is 1.71. The van der Waals surface area contributed by atoms with E-state index in [0.29, 0.717) is 23.4 Å². The number of aliphatic hydroxyl groups is 1. The van der Waals surface area contributed by atoms with Crippen molar-refractivity contribution in [3.63, 3.8) is 0 Å². The van der Waals surface area contributed by atoms with Gasteiger partial charge in [0.05, 0.1) is 11.2 Å². The molecular formula is C17H16ClN3O. The number of pyridine rings is 1. The van der Waals surface area contributed by atoms with Crippen molar-refractivity contribution >= 4 is 17.4 Å². The van der Waals surface area contributed by atoms with Crippen LogP contribution in [0.3, 0.4) is 0 Å². The number of halogens is 1. The first kappa shape index (κ1) is 14.8. The molecule has 0 amide bonds. The summed E-state index contributed by atoms with van der Waals surface area (Å²) in [5.41, 5.74) is 0.649. The van der Waals surface area contributed by atoms with Crippen LogP contribution in [0.2, 0.25) is 5.02 Å². The quantitative estimate of drug-likeness (QED) is 0.925. The maximum atomic E-state index is 10.8. The van der Waals surface area contributed by atoms with E-state index in [9.17, 15) is 5.11 Å². The molecule has 5 heteroatoms. The van der Waals surface area contributed by atoms with E-state index in [1.165, 1.54) is 0 Å². The second-order valence-corrected chi connectivity index (χ2v) is 5.98. The molecule has 0 aliphatic carbocycles. The summed E-state index contributed by atoms with van der Waals surface area (Å²) >= 11 is 5.90. The highest BCUT2D eigenvalue weighted by Crippen LogP contribution is 2.34. The third kappa shape index (κ3) is 2.92. The Labute approximate surface area is 134 Å². The highest BCUT2D eigenvalue weighted by Gasteiger charge is 2.34. The minimum atomic E-state index is -0.812. The Morgan fingerprint density at radius 2 is 1.82 bits per heavy atom. The number of hydrogen-bond acceptors (Lipinski definition) is 4. The van der Waals surface area contributed by atoms with E-state index in [2.05, 4.69) is 16.0 Å². The normalized spacial score (nSPS) is 17.0. The zero-order chi connectivity index (χ0) is 15.6. The van der Waals surface area contributed by atoms with Crippen molar-refractivity contribution in [3.05, 3.63) is 58.7 Å². The number of nitriles is 1. The summed E-state index contributed by atoms with van der Waals surface area (Å²) in [7, 11) is 0. The second-order valence-electron chi connectivity index (χ2n) is 5.54. The van der Waals surface area contributed by atoms with Crippen molar-refractivity contribution in [3.8, 4) is 6.07 Å². The van der Waals surface area contributed by atoms with Crippen molar-refractivity contribution in [2.24, 2.45) is 0 Å². The van der Waals surface area contributed by atoms with Gasteiger partial charge in [-0.1, -0.05) is 23.7 Å². The molecule has 2 heterocycles. The lowest BCUT2D eigenvalue weighted by Gasteiger charge is -2.39. The predicted octanol–water partition coefficient (Wildman–Crippen LogP) is 3.09. The van der Waals surface area contributed by atoms with Gasteiger partial charge >= 0.3 is 0 Å². The van der Waals surface area contributed by atoms with E-state index in [1.54, 1.807) is 12.3 Å². The van der Waals surface area contributed by atoms with Gasteiger partial charge in [-0.05, 0) is 42.7 Å². The van der Waals surface area contributed by atoms with Gasteiger partial charge in [-0.2, -0.15) is 5.26 Å². The van der Waals surface area contributed by atoms with E-state index in [0.717, 1.165) is 24.5 Å². The molecule has 0 unspecified atom stereocenters. The topological polar surface area (TPSA) is 60.2 Å². The minimum Gasteiger partial charge on any atom is -0.385 e. The minimum absolute atomic E-state index is 0.554. The molecule has 112 valence electrons. The molecule has 1 aromatic carbocycles. The summed E-state index contributed by atoms with van der Waals surface area (Å²) in [5, 5.41) is 20.3. The summed E-state index contributed by atoms with van der Waals surface area (Å²) in [6.45, 7) is 1.44. The molecule has 0 spiro atoms. The molecule has 1 aliphatic rings. The first-order valence-electron chi connectivity index (χ1n) is 7.20. The molecule has 0 bridgehead atoms. The maximum absolute atomic E-state index is 10.8. The van der Waals surface area contributed by atoms with Gasteiger partial charge in [0, 0.05) is 24.3 Å². The summed E-state index contributed by atoms with van der Waals surface area (Å²) in [5.74, 6) is 0.845. The van der Waals surface area contributed by atoms with E-state index < -0.39 is 5.60 Å². The van der Waals surface area contributed by atoms with E-state index in [1.807, 2.05) is 30.3 Å². The van der Waals surface area contributed by atoms with Crippen LogP contribution >= 0.6 is 11.6 Å². The molecule has 1 fully saturated rings. The van der Waals surface area contributed by atoms with Gasteiger partial charge < -0.3 is 10.0 Å². The number of hydrogen-bond donors (Lipinski definition) is 1. The van der Waals surface area contributed by atoms with Gasteiger partial charge in [0.1, 0.15) is 11.9 Å². The Kier molecular flexibility index (Phi) is 4.02. The highest BCUT2D eigenvalue weighted by molar-refractivity contribution is 6.30. The number of aromatic nitrogens is 1. The molecule has 0 saturated carbocycles. The van der Waals surface area contributed by atoms with Crippen molar-refractivity contribution < 1.29 is 5.11 Å². The largest absolute Gasteiger partial charge is 0.385 e. The van der Waals surface area contributed by atoms with Crippen molar-refractivity contribution in [1.82, 2.24) is 4.98 Å². The SMILES string of the molecule is N#Cc1ccc(N2CCC(O)(c3ccc(Cl)cc3)CC2)nc1. The van der Waals surface area contributed by atoms with Crippen LogP contribution in [0.15, 0.2) is 42.6 Å². The van der Waals surface area contributed by atoms with E-state index in [-0.39, 0.29) is 0 Å². The van der Waals surface area contributed by atoms with Gasteiger partial charge in [-0.15, -0.1) is 0 Å². The third-order valence-electron chi connectivity index (χ3n) is 4.17. The molecule has 1 saturated heterocycles. The monoisotopic (exact) mass is 313 g/mol. The standard InChI is InChI=1S/C17H16ClN3O/c18-15-4-2-14(3-5-15)17(22)7-9-21(10-8-17)16-6-1-13(11-19)12-20-16/h1-6,12,22H,7-10H2. The Bertz CT molecular complexity index is 683. The molecule has 22 heavy (non-hydrogen) atoms. The zero-order valence-electron chi connectivity index (χ0n) is 12.0. The lowest BCUT2D eigenvalue weighted by atomic mass is 9.84. The van der Waals surface area contributed by atoms with Crippen molar-refractivity contribution in [1.29, 1.82) is 5.26 Å². The second kappa shape index (κ2) is 5.96. The number of rotatable bonds is 2. The van der Waals surface area contributed by atoms with Crippen LogP contribution in [0, 0.1) is 11.3 Å². The van der Waals surface area contributed by atoms with Crippen LogP contribution in [0.25, 0.3) is 0 Å². The number of piperidine rings is 1. The fourth-order valence-corrected chi connectivity index (χ4v) is 2.92. The lowest BCUT2D eigenvalue weighted by molar-refractivity contribution is 0.0116. The number of anilines is 1. The van der Waals surface area contributed by atoms with Gasteiger partial charge in [-0.25, -0.2) is 4.98 Å². The molecular weight excluding hydrogens is 298 g/mol. The lowest BCUT2D eigenvalue weighted by Crippen LogP contribution is -2.42. The van der Waals surface area contributed by atoms with Gasteiger partial charge in [0.2, 0.25) is 0 Å². The maximum Gasteiger partial charge on any atom is 0.128 e. The van der Waals surface area contributed by atoms with Gasteiger partial charge in [0.15, 0.2) is 0 Å². The molecule has 4 nitrogen and oxygen atoms in total. The first-order valence-corrected chi connectivity index (χ1v) is 7.58. The first-order chi connectivity index (χ1) is 10.6. The van der Waals surface area contributed by atoms with Crippen LogP contribution in [0.4, 0.5) is 5.82 Å². The van der Waals surface area contributed by atoms with Crippen LogP contribution < -0.4 is 4.90 Å². The fraction of sp³-hybridized carbons (Fsp3) is 0.294. The Morgan fingerprint density at radius 3 is 2.36 bits per heavy atom. The van der Waals surface area contributed by atoms with Crippen LogP contribution in [0.5, 0.6) is 0 Å². The van der Waals surface area contributed by atoms with Crippen LogP contribution in [-0.4, -0.2) is 23.2 Å². The average molecular weight is 314 g/mol. The fourth-order valence-electron chi connectivity index (χ4n) is 2.79. The summed E-state index contributed by atoms with van der Waals surface area (Å²) in [6, 6.07) is 13.1. The Hall–Kier alpha value is -2.09. The van der Waals surface area contributed by atoms with Gasteiger partial charge in [-0.3, -0.25) is 0 Å². The summed E-state index contributed by atoms with van der Waals surface area (Å²) < 4.78 is 0. The molecule has 2 aromatic rings. The van der Waals surface area contributed by atoms with Crippen LogP contribution in [0.1, 0.15) is 24.0 Å². The van der Waals surface area contributed by atoms with Crippen molar-refractivity contribution in [2.75, 3.05) is 18.0 Å². The smallest absolute Gasteiger partial charge is 0.128 e. The number of nitrogens with zero attached hydrogens (tertiary/aromatic N) is 3. The predicted molar refractivity (Wildman–Crippen MR) is 85.7 cm³/mol. The van der Waals surface area contributed by atoms with Crippen molar-refractivity contribution in [2.45, 2.75) is 18.4 Å². The highest BCUT2D eigenvalue weighted by atomic mass is 35.5. The molecule has 1 aromatic heterocycles. The molecule has 3 rings (SSSR count). The molecule has 0 radical (unpaired) electrons. The molecule has 1 aliphatic heterocycles. The molecule has 1 N–H and O–H groups in total. The number of benzene rings is 1. The summed E-state index contributed by atoms with van der Waals surface area (Å²) in [6.07, 6.45) is 2.85. The Morgan fingerprint density at radius 1 is 1.14 bits per heavy atom.